The van der Waals surface area contributed by atoms with E-state index in [4.69, 9.17) is 5.11 Å². The van der Waals surface area contributed by atoms with Crippen molar-refractivity contribution in [3.63, 3.8) is 0 Å². The Morgan fingerprint density at radius 2 is 2.25 bits per heavy atom. The molecule has 0 aliphatic heterocycles. The molecule has 0 aliphatic rings. The molecule has 0 aromatic carbocycles. The third-order valence-electron chi connectivity index (χ3n) is 2.38. The van der Waals surface area contributed by atoms with Gasteiger partial charge in [0.15, 0.2) is 0 Å². The molecule has 4 nitrogen and oxygen atoms in total. The number of amides is 1. The van der Waals surface area contributed by atoms with Crippen LogP contribution in [0.3, 0.4) is 0 Å². The summed E-state index contributed by atoms with van der Waals surface area (Å²) in [6.45, 7) is 6.09. The number of aryl methyl sites for hydroxylation is 1. The van der Waals surface area contributed by atoms with E-state index < -0.39 is 0 Å². The van der Waals surface area contributed by atoms with Crippen molar-refractivity contribution in [3.8, 4) is 0 Å². The first-order chi connectivity index (χ1) is 7.46. The zero-order valence-electron chi connectivity index (χ0n) is 9.95. The highest BCUT2D eigenvalue weighted by atomic mass is 16.3. The first kappa shape index (κ1) is 12.6. The summed E-state index contributed by atoms with van der Waals surface area (Å²) >= 11 is 0. The van der Waals surface area contributed by atoms with Gasteiger partial charge in [-0.3, -0.25) is 9.78 Å². The minimum absolute atomic E-state index is 0.0362. The van der Waals surface area contributed by atoms with Crippen molar-refractivity contribution >= 4 is 5.91 Å². The largest absolute Gasteiger partial charge is 0.396 e. The van der Waals surface area contributed by atoms with Crippen molar-refractivity contribution in [1.82, 2.24) is 10.3 Å². The fraction of sp³-hybridized carbons (Fsp3) is 0.500. The van der Waals surface area contributed by atoms with Gasteiger partial charge in [-0.15, -0.1) is 0 Å². The Labute approximate surface area is 95.7 Å². The van der Waals surface area contributed by atoms with Crippen LogP contribution in [-0.2, 0) is 0 Å². The number of hydrogen-bond acceptors (Lipinski definition) is 3. The predicted molar refractivity (Wildman–Crippen MR) is 62.2 cm³/mol. The van der Waals surface area contributed by atoms with E-state index in [9.17, 15) is 4.79 Å². The van der Waals surface area contributed by atoms with Gasteiger partial charge < -0.3 is 10.4 Å². The molecule has 0 saturated heterocycles. The van der Waals surface area contributed by atoms with Crippen LogP contribution in [0.2, 0.25) is 0 Å². The maximum Gasteiger partial charge on any atom is 0.270 e. The zero-order valence-corrected chi connectivity index (χ0v) is 9.95. The Bertz CT molecular complexity index is 375. The minimum atomic E-state index is -0.307. The molecule has 0 spiro atoms. The molecule has 0 radical (unpaired) electrons. The van der Waals surface area contributed by atoms with Crippen molar-refractivity contribution < 1.29 is 9.90 Å². The molecule has 0 aliphatic carbocycles. The van der Waals surface area contributed by atoms with E-state index in [2.05, 4.69) is 10.3 Å². The second-order valence-electron chi connectivity index (χ2n) is 4.67. The van der Waals surface area contributed by atoms with Crippen molar-refractivity contribution in [2.75, 3.05) is 13.2 Å². The van der Waals surface area contributed by atoms with E-state index in [1.165, 1.54) is 0 Å². The van der Waals surface area contributed by atoms with Crippen LogP contribution in [0.1, 0.15) is 29.9 Å². The predicted octanol–water partition coefficient (Wildman–Crippen LogP) is 1.14. The summed E-state index contributed by atoms with van der Waals surface area (Å²) in [5.41, 5.74) is 0.983. The van der Waals surface area contributed by atoms with Gasteiger partial charge in [0.2, 0.25) is 0 Å². The third kappa shape index (κ3) is 3.31. The molecule has 2 N–H and O–H groups in total. The Hall–Kier alpha value is -1.42. The van der Waals surface area contributed by atoms with Crippen LogP contribution in [0.25, 0.3) is 0 Å². The van der Waals surface area contributed by atoms with Gasteiger partial charge in [0, 0.05) is 24.8 Å². The Balaban J connectivity index is 2.64. The van der Waals surface area contributed by atoms with Crippen molar-refractivity contribution in [2.24, 2.45) is 5.41 Å². The molecule has 16 heavy (non-hydrogen) atoms. The molecule has 0 fully saturated rings. The lowest BCUT2D eigenvalue weighted by molar-refractivity contribution is 0.0905. The molecule has 1 amide bonds. The van der Waals surface area contributed by atoms with Gasteiger partial charge in [-0.2, -0.15) is 0 Å². The molecular formula is C12H18N2O2. The van der Waals surface area contributed by atoms with Crippen LogP contribution in [0.15, 0.2) is 18.3 Å². The highest BCUT2D eigenvalue weighted by Gasteiger charge is 2.18. The number of nitrogens with one attached hydrogen (secondary N) is 1. The van der Waals surface area contributed by atoms with Gasteiger partial charge in [-0.25, -0.2) is 0 Å². The van der Waals surface area contributed by atoms with Crippen LogP contribution in [0, 0.1) is 12.3 Å². The van der Waals surface area contributed by atoms with Crippen LogP contribution in [0.5, 0.6) is 0 Å². The molecule has 0 unspecified atom stereocenters. The Kier molecular flexibility index (Phi) is 4.01. The van der Waals surface area contributed by atoms with Crippen molar-refractivity contribution in [2.45, 2.75) is 20.8 Å². The number of aliphatic hydroxyl groups is 1. The Morgan fingerprint density at radius 1 is 1.56 bits per heavy atom. The van der Waals surface area contributed by atoms with Crippen molar-refractivity contribution in [3.05, 3.63) is 29.6 Å². The molecule has 4 heteroatoms. The summed E-state index contributed by atoms with van der Waals surface area (Å²) in [6, 6.07) is 3.64. The van der Waals surface area contributed by atoms with Crippen LogP contribution in [0.4, 0.5) is 0 Å². The average Bonchev–Trinajstić information content (AvgIpc) is 2.27. The monoisotopic (exact) mass is 222 g/mol. The number of nitrogens with zero attached hydrogens (tertiary/aromatic N) is 1. The molecule has 88 valence electrons. The summed E-state index contributed by atoms with van der Waals surface area (Å²) in [4.78, 5) is 15.8. The van der Waals surface area contributed by atoms with E-state index in [1.54, 1.807) is 12.3 Å². The molecular weight excluding hydrogens is 204 g/mol. The van der Waals surface area contributed by atoms with E-state index in [-0.39, 0.29) is 17.9 Å². The quantitative estimate of drug-likeness (QED) is 0.803. The number of aliphatic hydroxyl groups excluding tert-OH is 1. The van der Waals surface area contributed by atoms with Crippen molar-refractivity contribution in [1.29, 1.82) is 0 Å². The fourth-order valence-electron chi connectivity index (χ4n) is 1.18. The number of pyridine rings is 1. The molecule has 0 atom stereocenters. The standard InChI is InChI=1S/C12H18N2O2/c1-9-5-4-6-13-10(9)11(16)14-7-12(2,3)8-15/h4-6,15H,7-8H2,1-3H3,(H,14,16). The summed E-state index contributed by atoms with van der Waals surface area (Å²) in [6.07, 6.45) is 1.60. The molecule has 0 saturated carbocycles. The topological polar surface area (TPSA) is 62.2 Å². The first-order valence-electron chi connectivity index (χ1n) is 5.27. The second-order valence-corrected chi connectivity index (χ2v) is 4.67. The maximum absolute atomic E-state index is 11.8. The summed E-state index contributed by atoms with van der Waals surface area (Å²) in [5.74, 6) is -0.195. The van der Waals surface area contributed by atoms with Gasteiger partial charge in [0.25, 0.3) is 5.91 Å². The lowest BCUT2D eigenvalue weighted by atomic mass is 9.95. The Morgan fingerprint density at radius 3 is 2.81 bits per heavy atom. The smallest absolute Gasteiger partial charge is 0.270 e. The maximum atomic E-state index is 11.8. The fourth-order valence-corrected chi connectivity index (χ4v) is 1.18. The van der Waals surface area contributed by atoms with Crippen LogP contribution >= 0.6 is 0 Å². The average molecular weight is 222 g/mol. The van der Waals surface area contributed by atoms with Gasteiger partial charge in [-0.05, 0) is 18.6 Å². The number of carbonyl (C=O) groups excluding carboxylic acids is 1. The van der Waals surface area contributed by atoms with Gasteiger partial charge in [-0.1, -0.05) is 19.9 Å². The second kappa shape index (κ2) is 5.07. The third-order valence-corrected chi connectivity index (χ3v) is 2.38. The summed E-state index contributed by atoms with van der Waals surface area (Å²) in [7, 11) is 0. The van der Waals surface area contributed by atoms with Crippen LogP contribution < -0.4 is 5.32 Å². The van der Waals surface area contributed by atoms with E-state index in [1.807, 2.05) is 26.8 Å². The summed E-state index contributed by atoms with van der Waals surface area (Å²) in [5, 5.41) is 11.8. The number of hydrogen-bond donors (Lipinski definition) is 2. The molecule has 1 aromatic heterocycles. The lowest BCUT2D eigenvalue weighted by Crippen LogP contribution is -2.36. The molecule has 1 heterocycles. The van der Waals surface area contributed by atoms with Gasteiger partial charge in [0.1, 0.15) is 5.69 Å². The molecule has 1 rings (SSSR count). The highest BCUT2D eigenvalue weighted by molar-refractivity contribution is 5.93. The lowest BCUT2D eigenvalue weighted by Gasteiger charge is -2.21. The van der Waals surface area contributed by atoms with Crippen LogP contribution in [-0.4, -0.2) is 29.1 Å². The van der Waals surface area contributed by atoms with E-state index >= 15 is 0 Å². The first-order valence-corrected chi connectivity index (χ1v) is 5.27. The number of aromatic nitrogens is 1. The minimum Gasteiger partial charge on any atom is -0.396 e. The number of rotatable bonds is 4. The normalized spacial score (nSPS) is 11.2. The zero-order chi connectivity index (χ0) is 12.2. The van der Waals surface area contributed by atoms with E-state index in [0.29, 0.717) is 12.2 Å². The molecule has 0 bridgehead atoms. The van der Waals surface area contributed by atoms with Gasteiger partial charge >= 0.3 is 0 Å². The summed E-state index contributed by atoms with van der Waals surface area (Å²) < 4.78 is 0. The molecule has 1 aromatic rings. The SMILES string of the molecule is Cc1cccnc1C(=O)NCC(C)(C)CO. The number of carbonyl (C=O) groups is 1. The van der Waals surface area contributed by atoms with E-state index in [0.717, 1.165) is 5.56 Å². The highest BCUT2D eigenvalue weighted by Crippen LogP contribution is 2.12. The van der Waals surface area contributed by atoms with Gasteiger partial charge in [0.05, 0.1) is 0 Å².